The molecule has 0 saturated carbocycles. The van der Waals surface area contributed by atoms with Crippen molar-refractivity contribution in [1.82, 2.24) is 4.98 Å². The van der Waals surface area contributed by atoms with Crippen molar-refractivity contribution in [2.45, 2.75) is 47.5 Å². The standard InChI is InChI=1S/C17H24N2/c1-6-10-18-17-13(5)14(7-2)19-16-12(4)9-8-11(3)15(16)17/h8-9H,6-7,10H2,1-5H3,(H,18,19). The van der Waals surface area contributed by atoms with E-state index in [0.29, 0.717) is 0 Å². The highest BCUT2D eigenvalue weighted by atomic mass is 14.9. The SMILES string of the molecule is CCCNc1c(C)c(CC)nc2c(C)ccc(C)c12. The van der Waals surface area contributed by atoms with Gasteiger partial charge in [0, 0.05) is 23.3 Å². The van der Waals surface area contributed by atoms with Gasteiger partial charge in [-0.05, 0) is 50.3 Å². The lowest BCUT2D eigenvalue weighted by molar-refractivity contribution is 0.969. The molecule has 19 heavy (non-hydrogen) atoms. The lowest BCUT2D eigenvalue weighted by Gasteiger charge is -2.18. The molecular formula is C17H24N2. The molecule has 0 saturated heterocycles. The van der Waals surface area contributed by atoms with E-state index in [1.165, 1.54) is 33.5 Å². The topological polar surface area (TPSA) is 24.9 Å². The molecule has 0 fully saturated rings. The predicted molar refractivity (Wildman–Crippen MR) is 84.1 cm³/mol. The van der Waals surface area contributed by atoms with Crippen LogP contribution >= 0.6 is 0 Å². The summed E-state index contributed by atoms with van der Waals surface area (Å²) in [4.78, 5) is 4.88. The van der Waals surface area contributed by atoms with Crippen LogP contribution in [-0.2, 0) is 6.42 Å². The molecule has 0 aliphatic heterocycles. The highest BCUT2D eigenvalue weighted by Gasteiger charge is 2.13. The van der Waals surface area contributed by atoms with Gasteiger partial charge in [-0.1, -0.05) is 26.0 Å². The molecule has 2 nitrogen and oxygen atoms in total. The van der Waals surface area contributed by atoms with Gasteiger partial charge in [0.25, 0.3) is 0 Å². The molecular weight excluding hydrogens is 232 g/mol. The van der Waals surface area contributed by atoms with E-state index in [9.17, 15) is 0 Å². The van der Waals surface area contributed by atoms with Gasteiger partial charge in [-0.15, -0.1) is 0 Å². The van der Waals surface area contributed by atoms with Crippen molar-refractivity contribution in [2.24, 2.45) is 0 Å². The Morgan fingerprint density at radius 1 is 1.05 bits per heavy atom. The van der Waals surface area contributed by atoms with Crippen molar-refractivity contribution in [3.05, 3.63) is 34.5 Å². The molecule has 0 aliphatic carbocycles. The van der Waals surface area contributed by atoms with Gasteiger partial charge in [0.05, 0.1) is 5.52 Å². The Balaban J connectivity index is 2.79. The van der Waals surface area contributed by atoms with Crippen molar-refractivity contribution in [2.75, 3.05) is 11.9 Å². The Morgan fingerprint density at radius 2 is 1.74 bits per heavy atom. The van der Waals surface area contributed by atoms with Gasteiger partial charge in [0.2, 0.25) is 0 Å². The van der Waals surface area contributed by atoms with Crippen LogP contribution in [0.4, 0.5) is 5.69 Å². The number of fused-ring (bicyclic) bond motifs is 1. The minimum atomic E-state index is 0.982. The molecule has 2 aromatic rings. The van der Waals surface area contributed by atoms with Crippen LogP contribution in [0.25, 0.3) is 10.9 Å². The maximum absolute atomic E-state index is 4.88. The molecule has 2 heteroatoms. The van der Waals surface area contributed by atoms with Crippen LogP contribution in [0.2, 0.25) is 0 Å². The van der Waals surface area contributed by atoms with Crippen molar-refractivity contribution in [3.63, 3.8) is 0 Å². The lowest BCUT2D eigenvalue weighted by atomic mass is 9.99. The number of rotatable bonds is 4. The number of aromatic nitrogens is 1. The molecule has 0 aliphatic rings. The fraction of sp³-hybridized carbons (Fsp3) is 0.471. The number of hydrogen-bond donors (Lipinski definition) is 1. The third-order valence-corrected chi connectivity index (χ3v) is 3.78. The Hall–Kier alpha value is -1.57. The number of hydrogen-bond acceptors (Lipinski definition) is 2. The second-order valence-corrected chi connectivity index (χ2v) is 5.26. The van der Waals surface area contributed by atoms with Gasteiger partial charge in [0.1, 0.15) is 0 Å². The zero-order valence-corrected chi connectivity index (χ0v) is 12.7. The lowest BCUT2D eigenvalue weighted by Crippen LogP contribution is -2.07. The second-order valence-electron chi connectivity index (χ2n) is 5.26. The van der Waals surface area contributed by atoms with E-state index in [2.05, 4.69) is 52.1 Å². The van der Waals surface area contributed by atoms with Gasteiger partial charge < -0.3 is 5.32 Å². The molecule has 0 radical (unpaired) electrons. The maximum atomic E-state index is 4.88. The van der Waals surface area contributed by atoms with Gasteiger partial charge >= 0.3 is 0 Å². The van der Waals surface area contributed by atoms with Crippen LogP contribution in [0.15, 0.2) is 12.1 Å². The quantitative estimate of drug-likeness (QED) is 0.868. The number of nitrogens with one attached hydrogen (secondary N) is 1. The van der Waals surface area contributed by atoms with E-state index in [1.807, 2.05) is 0 Å². The summed E-state index contributed by atoms with van der Waals surface area (Å²) in [6.45, 7) is 11.9. The van der Waals surface area contributed by atoms with Crippen molar-refractivity contribution >= 4 is 16.6 Å². The van der Waals surface area contributed by atoms with Crippen LogP contribution in [0.5, 0.6) is 0 Å². The van der Waals surface area contributed by atoms with E-state index in [0.717, 1.165) is 24.9 Å². The van der Waals surface area contributed by atoms with Crippen molar-refractivity contribution < 1.29 is 0 Å². The van der Waals surface area contributed by atoms with E-state index < -0.39 is 0 Å². The Morgan fingerprint density at radius 3 is 2.37 bits per heavy atom. The van der Waals surface area contributed by atoms with Crippen LogP contribution in [0, 0.1) is 20.8 Å². The Labute approximate surface area is 116 Å². The minimum Gasteiger partial charge on any atom is -0.384 e. The molecule has 2 rings (SSSR count). The molecule has 102 valence electrons. The van der Waals surface area contributed by atoms with Crippen LogP contribution in [0.3, 0.4) is 0 Å². The fourth-order valence-electron chi connectivity index (χ4n) is 2.62. The van der Waals surface area contributed by atoms with Gasteiger partial charge in [-0.2, -0.15) is 0 Å². The van der Waals surface area contributed by atoms with Crippen LogP contribution < -0.4 is 5.32 Å². The third kappa shape index (κ3) is 2.44. The zero-order valence-electron chi connectivity index (χ0n) is 12.7. The smallest absolute Gasteiger partial charge is 0.0758 e. The fourth-order valence-corrected chi connectivity index (χ4v) is 2.62. The largest absolute Gasteiger partial charge is 0.384 e. The highest BCUT2D eigenvalue weighted by Crippen LogP contribution is 2.32. The first kappa shape index (κ1) is 13.9. The normalized spacial score (nSPS) is 11.0. The van der Waals surface area contributed by atoms with E-state index >= 15 is 0 Å². The van der Waals surface area contributed by atoms with Gasteiger partial charge in [-0.25, -0.2) is 0 Å². The average Bonchev–Trinajstić information content (AvgIpc) is 2.41. The minimum absolute atomic E-state index is 0.982. The van der Waals surface area contributed by atoms with Gasteiger partial charge in [-0.3, -0.25) is 4.98 Å². The van der Waals surface area contributed by atoms with E-state index in [4.69, 9.17) is 4.98 Å². The summed E-state index contributed by atoms with van der Waals surface area (Å²) in [6, 6.07) is 4.37. The predicted octanol–water partition coefficient (Wildman–Crippen LogP) is 4.54. The number of benzene rings is 1. The monoisotopic (exact) mass is 256 g/mol. The zero-order chi connectivity index (χ0) is 14.0. The summed E-state index contributed by atoms with van der Waals surface area (Å²) in [6.07, 6.45) is 2.12. The molecule has 0 unspecified atom stereocenters. The summed E-state index contributed by atoms with van der Waals surface area (Å²) < 4.78 is 0. The molecule has 1 aromatic heterocycles. The van der Waals surface area contributed by atoms with E-state index in [-0.39, 0.29) is 0 Å². The summed E-state index contributed by atoms with van der Waals surface area (Å²) in [5, 5.41) is 4.90. The summed E-state index contributed by atoms with van der Waals surface area (Å²) in [5.41, 5.74) is 7.51. The molecule has 0 amide bonds. The summed E-state index contributed by atoms with van der Waals surface area (Å²) in [7, 11) is 0. The van der Waals surface area contributed by atoms with E-state index in [1.54, 1.807) is 0 Å². The Bertz CT molecular complexity index is 600. The molecule has 1 aromatic carbocycles. The maximum Gasteiger partial charge on any atom is 0.0758 e. The summed E-state index contributed by atoms with van der Waals surface area (Å²) in [5.74, 6) is 0. The first-order valence-corrected chi connectivity index (χ1v) is 7.23. The summed E-state index contributed by atoms with van der Waals surface area (Å²) >= 11 is 0. The molecule has 1 N–H and O–H groups in total. The first-order chi connectivity index (χ1) is 9.10. The molecule has 1 heterocycles. The second kappa shape index (κ2) is 5.60. The Kier molecular flexibility index (Phi) is 4.08. The molecule has 0 atom stereocenters. The van der Waals surface area contributed by atoms with Gasteiger partial charge in [0.15, 0.2) is 0 Å². The highest BCUT2D eigenvalue weighted by molar-refractivity contribution is 5.97. The average molecular weight is 256 g/mol. The number of pyridine rings is 1. The van der Waals surface area contributed by atoms with Crippen molar-refractivity contribution in [3.8, 4) is 0 Å². The molecule has 0 spiro atoms. The van der Waals surface area contributed by atoms with Crippen LogP contribution in [-0.4, -0.2) is 11.5 Å². The van der Waals surface area contributed by atoms with Crippen molar-refractivity contribution in [1.29, 1.82) is 0 Å². The molecule has 0 bridgehead atoms. The third-order valence-electron chi connectivity index (χ3n) is 3.78. The number of nitrogens with zero attached hydrogens (tertiary/aromatic N) is 1. The van der Waals surface area contributed by atoms with Crippen LogP contribution in [0.1, 0.15) is 42.7 Å². The number of anilines is 1. The first-order valence-electron chi connectivity index (χ1n) is 7.23. The number of aryl methyl sites for hydroxylation is 3.